The minimum absolute atomic E-state index is 0.0581. The summed E-state index contributed by atoms with van der Waals surface area (Å²) in [5.41, 5.74) is 1.00. The Balaban J connectivity index is 2.34. The van der Waals surface area contributed by atoms with Crippen LogP contribution in [0.1, 0.15) is 18.9 Å². The molecule has 0 radical (unpaired) electrons. The molecule has 0 bridgehead atoms. The lowest BCUT2D eigenvalue weighted by Crippen LogP contribution is -2.31. The van der Waals surface area contributed by atoms with Gasteiger partial charge in [-0.1, -0.05) is 42.8 Å². The van der Waals surface area contributed by atoms with Crippen LogP contribution in [-0.2, 0) is 19.6 Å². The summed E-state index contributed by atoms with van der Waals surface area (Å²) in [6.07, 6.45) is 6.43. The molecule has 1 saturated heterocycles. The van der Waals surface area contributed by atoms with Crippen molar-refractivity contribution < 1.29 is 17.9 Å². The lowest BCUT2D eigenvalue weighted by Gasteiger charge is -2.21. The number of rotatable bonds is 7. The van der Waals surface area contributed by atoms with E-state index in [1.807, 2.05) is 26.0 Å². The fourth-order valence-electron chi connectivity index (χ4n) is 3.35. The quantitative estimate of drug-likeness (QED) is 0.541. The van der Waals surface area contributed by atoms with Crippen LogP contribution in [0.3, 0.4) is 0 Å². The Morgan fingerprint density at radius 2 is 2.00 bits per heavy atom. The topological polar surface area (TPSA) is 63.7 Å². The Labute approximate surface area is 156 Å². The zero-order chi connectivity index (χ0) is 19.3. The standard InChI is InChI=1S/C20H27NO4S/c1-5-7-8-16-13-21(14-19(16)18(6-2)20(22)25-4)26(23,24)17-11-9-15(3)10-12-17/h6-12,16,18-19H,2,5,13-14H2,1,3-4H3/b8-7+/t16-,18-,19-/m0/s1. The summed E-state index contributed by atoms with van der Waals surface area (Å²) < 4.78 is 32.4. The second-order valence-electron chi connectivity index (χ2n) is 6.58. The van der Waals surface area contributed by atoms with Crippen molar-refractivity contribution >= 4 is 16.0 Å². The van der Waals surface area contributed by atoms with E-state index in [2.05, 4.69) is 6.58 Å². The maximum absolute atomic E-state index is 13.0. The summed E-state index contributed by atoms with van der Waals surface area (Å²) in [5.74, 6) is -1.17. The van der Waals surface area contributed by atoms with Crippen LogP contribution in [0.4, 0.5) is 0 Å². The van der Waals surface area contributed by atoms with Crippen molar-refractivity contribution in [3.63, 3.8) is 0 Å². The molecule has 0 unspecified atom stereocenters. The molecule has 1 aliphatic heterocycles. The molecule has 0 aromatic heterocycles. The van der Waals surface area contributed by atoms with Crippen LogP contribution < -0.4 is 0 Å². The number of aryl methyl sites for hydroxylation is 1. The first-order valence-electron chi connectivity index (χ1n) is 8.79. The largest absolute Gasteiger partial charge is 0.469 e. The number of ether oxygens (including phenoxy) is 1. The number of methoxy groups -OCH3 is 1. The van der Waals surface area contributed by atoms with Gasteiger partial charge in [-0.3, -0.25) is 4.79 Å². The van der Waals surface area contributed by atoms with Crippen LogP contribution in [0.2, 0.25) is 0 Å². The second-order valence-corrected chi connectivity index (χ2v) is 8.52. The summed E-state index contributed by atoms with van der Waals surface area (Å²) in [4.78, 5) is 12.4. The highest BCUT2D eigenvalue weighted by atomic mass is 32.2. The number of hydrogen-bond acceptors (Lipinski definition) is 4. The van der Waals surface area contributed by atoms with Crippen molar-refractivity contribution in [3.05, 3.63) is 54.6 Å². The molecular formula is C20H27NO4S. The average Bonchev–Trinajstić information content (AvgIpc) is 3.05. The average molecular weight is 378 g/mol. The minimum Gasteiger partial charge on any atom is -0.469 e. The molecule has 0 saturated carbocycles. The number of allylic oxidation sites excluding steroid dienone is 1. The van der Waals surface area contributed by atoms with Crippen LogP contribution in [-0.4, -0.2) is 38.9 Å². The van der Waals surface area contributed by atoms with Gasteiger partial charge >= 0.3 is 5.97 Å². The van der Waals surface area contributed by atoms with Gasteiger partial charge in [0.25, 0.3) is 0 Å². The smallest absolute Gasteiger partial charge is 0.312 e. The highest BCUT2D eigenvalue weighted by molar-refractivity contribution is 7.89. The van der Waals surface area contributed by atoms with Gasteiger partial charge in [0.2, 0.25) is 10.0 Å². The van der Waals surface area contributed by atoms with Crippen LogP contribution in [0.5, 0.6) is 0 Å². The highest BCUT2D eigenvalue weighted by Crippen LogP contribution is 2.35. The maximum Gasteiger partial charge on any atom is 0.312 e. The van der Waals surface area contributed by atoms with Crippen LogP contribution >= 0.6 is 0 Å². The normalized spacial score (nSPS) is 22.4. The first-order valence-corrected chi connectivity index (χ1v) is 10.2. The molecule has 2 rings (SSSR count). The number of nitrogens with zero attached hydrogens (tertiary/aromatic N) is 1. The Morgan fingerprint density at radius 3 is 2.54 bits per heavy atom. The van der Waals surface area contributed by atoms with E-state index in [1.165, 1.54) is 11.4 Å². The predicted molar refractivity (Wildman–Crippen MR) is 102 cm³/mol. The van der Waals surface area contributed by atoms with Crippen LogP contribution in [0, 0.1) is 24.7 Å². The molecule has 5 nitrogen and oxygen atoms in total. The zero-order valence-corrected chi connectivity index (χ0v) is 16.4. The Bertz CT molecular complexity index is 768. The number of sulfonamides is 1. The molecule has 1 aromatic carbocycles. The summed E-state index contributed by atoms with van der Waals surface area (Å²) in [7, 11) is -2.27. The third-order valence-electron chi connectivity index (χ3n) is 4.85. The van der Waals surface area contributed by atoms with Crippen molar-refractivity contribution in [1.82, 2.24) is 4.31 Å². The first kappa shape index (κ1) is 20.4. The summed E-state index contributed by atoms with van der Waals surface area (Å²) in [6.45, 7) is 8.30. The van der Waals surface area contributed by atoms with E-state index in [0.29, 0.717) is 6.54 Å². The highest BCUT2D eigenvalue weighted by Gasteiger charge is 2.43. The summed E-state index contributed by atoms with van der Waals surface area (Å²) in [5, 5.41) is 0. The van der Waals surface area contributed by atoms with E-state index in [-0.39, 0.29) is 29.2 Å². The molecule has 1 aliphatic rings. The third-order valence-corrected chi connectivity index (χ3v) is 6.69. The van der Waals surface area contributed by atoms with Gasteiger partial charge in [-0.25, -0.2) is 8.42 Å². The van der Waals surface area contributed by atoms with Crippen LogP contribution in [0.25, 0.3) is 0 Å². The van der Waals surface area contributed by atoms with Crippen molar-refractivity contribution in [2.75, 3.05) is 20.2 Å². The minimum atomic E-state index is -3.61. The van der Waals surface area contributed by atoms with Gasteiger partial charge in [0.15, 0.2) is 0 Å². The fourth-order valence-corrected chi connectivity index (χ4v) is 4.86. The van der Waals surface area contributed by atoms with E-state index >= 15 is 0 Å². The third kappa shape index (κ3) is 4.24. The number of benzene rings is 1. The number of hydrogen-bond donors (Lipinski definition) is 0. The lowest BCUT2D eigenvalue weighted by molar-refractivity contribution is -0.145. The first-order chi connectivity index (χ1) is 12.3. The predicted octanol–water partition coefficient (Wildman–Crippen LogP) is 3.17. The lowest BCUT2D eigenvalue weighted by atomic mass is 9.83. The summed E-state index contributed by atoms with van der Waals surface area (Å²) >= 11 is 0. The summed E-state index contributed by atoms with van der Waals surface area (Å²) in [6, 6.07) is 6.83. The van der Waals surface area contributed by atoms with Crippen LogP contribution in [0.15, 0.2) is 54.0 Å². The van der Waals surface area contributed by atoms with E-state index in [0.717, 1.165) is 12.0 Å². The molecule has 26 heavy (non-hydrogen) atoms. The second kappa shape index (κ2) is 8.64. The van der Waals surface area contributed by atoms with Gasteiger partial charge in [-0.2, -0.15) is 4.31 Å². The molecule has 3 atom stereocenters. The Hall–Kier alpha value is -1.92. The van der Waals surface area contributed by atoms with Crippen molar-refractivity contribution in [2.24, 2.45) is 17.8 Å². The van der Waals surface area contributed by atoms with Crippen molar-refractivity contribution in [1.29, 1.82) is 0 Å². The Morgan fingerprint density at radius 1 is 1.35 bits per heavy atom. The molecular weight excluding hydrogens is 350 g/mol. The van der Waals surface area contributed by atoms with E-state index in [9.17, 15) is 13.2 Å². The molecule has 0 spiro atoms. The van der Waals surface area contributed by atoms with Gasteiger partial charge in [0, 0.05) is 13.1 Å². The van der Waals surface area contributed by atoms with E-state index in [1.54, 1.807) is 30.3 Å². The fraction of sp³-hybridized carbons (Fsp3) is 0.450. The van der Waals surface area contributed by atoms with Gasteiger partial charge in [0.1, 0.15) is 0 Å². The Kier molecular flexibility index (Phi) is 6.78. The SMILES string of the molecule is C=C[C@H](C(=O)OC)[C@H]1CN(S(=O)(=O)c2ccc(C)cc2)C[C@@H]1/C=C/CC. The molecule has 142 valence electrons. The molecule has 1 aromatic rings. The van der Waals surface area contributed by atoms with E-state index in [4.69, 9.17) is 4.74 Å². The maximum atomic E-state index is 13.0. The van der Waals surface area contributed by atoms with Crippen molar-refractivity contribution in [2.45, 2.75) is 25.2 Å². The molecule has 0 aliphatic carbocycles. The molecule has 0 N–H and O–H groups in total. The number of esters is 1. The van der Waals surface area contributed by atoms with Gasteiger partial charge in [0.05, 0.1) is 17.9 Å². The zero-order valence-electron chi connectivity index (χ0n) is 15.6. The molecule has 6 heteroatoms. The molecule has 1 heterocycles. The number of carbonyl (C=O) groups is 1. The van der Waals surface area contributed by atoms with Gasteiger partial charge in [-0.05, 0) is 37.3 Å². The van der Waals surface area contributed by atoms with Crippen molar-refractivity contribution in [3.8, 4) is 0 Å². The monoisotopic (exact) mass is 377 g/mol. The van der Waals surface area contributed by atoms with E-state index < -0.39 is 15.9 Å². The molecule has 0 amide bonds. The van der Waals surface area contributed by atoms with Gasteiger partial charge in [-0.15, -0.1) is 6.58 Å². The number of carbonyl (C=O) groups excluding carboxylic acids is 1. The van der Waals surface area contributed by atoms with Gasteiger partial charge < -0.3 is 4.74 Å². The molecule has 1 fully saturated rings.